The Labute approximate surface area is 218 Å². The minimum absolute atomic E-state index is 0.0655. The number of rotatable bonds is 10. The minimum Gasteiger partial charge on any atom is -0.490 e. The summed E-state index contributed by atoms with van der Waals surface area (Å²) in [5.41, 5.74) is 2.78. The van der Waals surface area contributed by atoms with Gasteiger partial charge in [-0.3, -0.25) is 0 Å². The summed E-state index contributed by atoms with van der Waals surface area (Å²) < 4.78 is 55.8. The summed E-state index contributed by atoms with van der Waals surface area (Å²) in [6.45, 7) is 5.07. The summed E-state index contributed by atoms with van der Waals surface area (Å²) in [5.74, 6) is -1.88. The average Bonchev–Trinajstić information content (AvgIpc) is 2.92. The third kappa shape index (κ3) is 6.64. The maximum atomic E-state index is 15.0. The van der Waals surface area contributed by atoms with Gasteiger partial charge in [-0.25, -0.2) is 8.78 Å². The van der Waals surface area contributed by atoms with Gasteiger partial charge in [0.25, 0.3) is 0 Å². The van der Waals surface area contributed by atoms with Crippen molar-refractivity contribution in [3.8, 4) is 28.0 Å². The number of ether oxygens (including phenoxy) is 2. The molecule has 0 amide bonds. The van der Waals surface area contributed by atoms with Gasteiger partial charge in [0.1, 0.15) is 5.82 Å². The Morgan fingerprint density at radius 3 is 2.30 bits per heavy atom. The topological polar surface area (TPSA) is 18.5 Å². The molecule has 0 aromatic heterocycles. The number of allylic oxidation sites excluding steroid dienone is 1. The van der Waals surface area contributed by atoms with Crippen molar-refractivity contribution in [2.45, 2.75) is 58.5 Å². The lowest BCUT2D eigenvalue weighted by atomic mass is 9.93. The molecule has 196 valence electrons. The Morgan fingerprint density at radius 2 is 1.62 bits per heavy atom. The quantitative estimate of drug-likeness (QED) is 0.201. The predicted molar refractivity (Wildman–Crippen MR) is 143 cm³/mol. The maximum Gasteiger partial charge on any atom is 0.201 e. The first-order valence-corrected chi connectivity index (χ1v) is 13.3. The molecule has 2 nitrogen and oxygen atoms in total. The molecule has 0 N–H and O–H groups in total. The van der Waals surface area contributed by atoms with E-state index >= 15 is 0 Å². The van der Waals surface area contributed by atoms with Gasteiger partial charge in [0.15, 0.2) is 11.6 Å². The SMILES string of the molecule is CC=CC1CCC(c2ccc(-c3ccc(-c4ccc(OCCCCCC)c(F)c4F)cc3)cc2F)OC1. The first-order chi connectivity index (χ1) is 18.0. The van der Waals surface area contributed by atoms with E-state index in [9.17, 15) is 13.2 Å². The molecule has 1 heterocycles. The molecule has 5 heteroatoms. The fourth-order valence-corrected chi connectivity index (χ4v) is 4.83. The number of hydrogen-bond acceptors (Lipinski definition) is 2. The zero-order valence-corrected chi connectivity index (χ0v) is 21.6. The van der Waals surface area contributed by atoms with Gasteiger partial charge in [-0.2, -0.15) is 4.39 Å². The fourth-order valence-electron chi connectivity index (χ4n) is 4.83. The van der Waals surface area contributed by atoms with Crippen molar-refractivity contribution in [1.29, 1.82) is 0 Å². The van der Waals surface area contributed by atoms with Crippen molar-refractivity contribution in [1.82, 2.24) is 0 Å². The van der Waals surface area contributed by atoms with E-state index < -0.39 is 11.6 Å². The minimum atomic E-state index is -0.975. The Morgan fingerprint density at radius 1 is 0.865 bits per heavy atom. The molecule has 2 atom stereocenters. The summed E-state index contributed by atoms with van der Waals surface area (Å²) in [5, 5.41) is 0. The van der Waals surface area contributed by atoms with Crippen LogP contribution in [-0.2, 0) is 4.74 Å². The van der Waals surface area contributed by atoms with E-state index in [-0.39, 0.29) is 23.2 Å². The van der Waals surface area contributed by atoms with Crippen molar-refractivity contribution in [3.05, 3.63) is 89.8 Å². The van der Waals surface area contributed by atoms with Crippen LogP contribution in [0.1, 0.15) is 64.0 Å². The standard InChI is InChI=1S/C32H35F3O2/c1-3-5-6-7-19-36-30-18-16-26(31(34)32(30)35)24-12-10-23(11-13-24)25-14-15-27(28(33)20-25)29-17-9-22(8-4-2)21-37-29/h4,8,10-16,18,20,22,29H,3,5-7,9,17,19,21H2,1-2H3. The number of unbranched alkanes of at least 4 members (excludes halogenated alkanes) is 3. The molecule has 0 bridgehead atoms. The van der Waals surface area contributed by atoms with E-state index in [4.69, 9.17) is 9.47 Å². The lowest BCUT2D eigenvalue weighted by Gasteiger charge is -2.28. The molecule has 3 aromatic rings. The van der Waals surface area contributed by atoms with Gasteiger partial charge in [0, 0.05) is 17.0 Å². The Hall–Kier alpha value is -3.05. The second kappa shape index (κ2) is 13.0. The van der Waals surface area contributed by atoms with Crippen LogP contribution in [0, 0.1) is 23.4 Å². The van der Waals surface area contributed by atoms with Crippen molar-refractivity contribution < 1.29 is 22.6 Å². The normalized spacial score (nSPS) is 17.9. The van der Waals surface area contributed by atoms with Gasteiger partial charge in [0.05, 0.1) is 19.3 Å². The molecular formula is C32H35F3O2. The number of halogens is 3. The van der Waals surface area contributed by atoms with E-state index in [1.807, 2.05) is 19.1 Å². The second-order valence-electron chi connectivity index (χ2n) is 9.65. The first-order valence-electron chi connectivity index (χ1n) is 13.3. The fraction of sp³-hybridized carbons (Fsp3) is 0.375. The second-order valence-corrected chi connectivity index (χ2v) is 9.65. The van der Waals surface area contributed by atoms with Gasteiger partial charge in [-0.1, -0.05) is 74.7 Å². The highest BCUT2D eigenvalue weighted by Crippen LogP contribution is 2.35. The lowest BCUT2D eigenvalue weighted by molar-refractivity contribution is -0.00711. The molecule has 37 heavy (non-hydrogen) atoms. The third-order valence-corrected chi connectivity index (χ3v) is 6.95. The van der Waals surface area contributed by atoms with Crippen LogP contribution >= 0.6 is 0 Å². The third-order valence-electron chi connectivity index (χ3n) is 6.95. The molecule has 4 rings (SSSR count). The highest BCUT2D eigenvalue weighted by Gasteiger charge is 2.24. The van der Waals surface area contributed by atoms with Crippen molar-refractivity contribution in [2.75, 3.05) is 13.2 Å². The zero-order chi connectivity index (χ0) is 26.2. The molecular weight excluding hydrogens is 473 g/mol. The van der Waals surface area contributed by atoms with Crippen molar-refractivity contribution in [2.24, 2.45) is 5.92 Å². The van der Waals surface area contributed by atoms with Crippen LogP contribution in [-0.4, -0.2) is 13.2 Å². The van der Waals surface area contributed by atoms with E-state index in [0.717, 1.165) is 44.1 Å². The Bertz CT molecular complexity index is 1200. The summed E-state index contributed by atoms with van der Waals surface area (Å²) in [6, 6.07) is 15.2. The molecule has 0 spiro atoms. The molecule has 0 aliphatic carbocycles. The number of benzene rings is 3. The van der Waals surface area contributed by atoms with E-state index in [1.165, 1.54) is 18.2 Å². The molecule has 2 unspecified atom stereocenters. The summed E-state index contributed by atoms with van der Waals surface area (Å²) in [4.78, 5) is 0. The molecule has 1 saturated heterocycles. The number of hydrogen-bond donors (Lipinski definition) is 0. The molecule has 0 radical (unpaired) electrons. The Balaban J connectivity index is 1.44. The van der Waals surface area contributed by atoms with E-state index in [0.29, 0.717) is 35.8 Å². The summed E-state index contributed by atoms with van der Waals surface area (Å²) in [6.07, 6.45) is 9.69. The first kappa shape index (κ1) is 27.0. The largest absolute Gasteiger partial charge is 0.490 e. The predicted octanol–water partition coefficient (Wildman–Crippen LogP) is 9.44. The van der Waals surface area contributed by atoms with Crippen molar-refractivity contribution >= 4 is 0 Å². The van der Waals surface area contributed by atoms with Gasteiger partial charge < -0.3 is 9.47 Å². The van der Waals surface area contributed by atoms with Crippen LogP contribution < -0.4 is 4.74 Å². The van der Waals surface area contributed by atoms with Gasteiger partial charge in [-0.15, -0.1) is 0 Å². The summed E-state index contributed by atoms with van der Waals surface area (Å²) in [7, 11) is 0. The zero-order valence-electron chi connectivity index (χ0n) is 21.6. The highest BCUT2D eigenvalue weighted by molar-refractivity contribution is 5.71. The van der Waals surface area contributed by atoms with Gasteiger partial charge >= 0.3 is 0 Å². The van der Waals surface area contributed by atoms with Crippen LogP contribution in [0.3, 0.4) is 0 Å². The summed E-state index contributed by atoms with van der Waals surface area (Å²) >= 11 is 0. The van der Waals surface area contributed by atoms with Crippen LogP contribution in [0.15, 0.2) is 66.7 Å². The van der Waals surface area contributed by atoms with Gasteiger partial charge in [-0.05, 0) is 61.1 Å². The van der Waals surface area contributed by atoms with E-state index in [1.54, 1.807) is 30.3 Å². The molecule has 1 aliphatic rings. The van der Waals surface area contributed by atoms with Gasteiger partial charge in [0.2, 0.25) is 5.82 Å². The molecule has 1 aliphatic heterocycles. The van der Waals surface area contributed by atoms with Crippen LogP contribution in [0.2, 0.25) is 0 Å². The monoisotopic (exact) mass is 508 g/mol. The maximum absolute atomic E-state index is 15.0. The molecule has 1 fully saturated rings. The van der Waals surface area contributed by atoms with Crippen LogP contribution in [0.5, 0.6) is 5.75 Å². The van der Waals surface area contributed by atoms with Crippen LogP contribution in [0.4, 0.5) is 13.2 Å². The molecule has 3 aromatic carbocycles. The highest BCUT2D eigenvalue weighted by atomic mass is 19.2. The van der Waals surface area contributed by atoms with Crippen LogP contribution in [0.25, 0.3) is 22.3 Å². The Kier molecular flexibility index (Phi) is 9.45. The smallest absolute Gasteiger partial charge is 0.201 e. The lowest BCUT2D eigenvalue weighted by Crippen LogP contribution is -2.20. The van der Waals surface area contributed by atoms with E-state index in [2.05, 4.69) is 13.0 Å². The molecule has 0 saturated carbocycles. The van der Waals surface area contributed by atoms with Crippen molar-refractivity contribution in [3.63, 3.8) is 0 Å². The average molecular weight is 509 g/mol.